The summed E-state index contributed by atoms with van der Waals surface area (Å²) in [6, 6.07) is 0. The van der Waals surface area contributed by atoms with Gasteiger partial charge in [-0.15, -0.1) is 0 Å². The van der Waals surface area contributed by atoms with Crippen molar-refractivity contribution in [1.82, 2.24) is 9.97 Å². The van der Waals surface area contributed by atoms with Crippen LogP contribution in [0, 0.1) is 6.33 Å². The van der Waals surface area contributed by atoms with Crippen molar-refractivity contribution in [2.75, 3.05) is 0 Å². The van der Waals surface area contributed by atoms with Gasteiger partial charge in [-0.3, -0.25) is 4.79 Å². The highest BCUT2D eigenvalue weighted by Crippen LogP contribution is 1.94. The third kappa shape index (κ3) is 1.16. The lowest BCUT2D eigenvalue weighted by Crippen LogP contribution is -1.95. The molecule has 1 aromatic heterocycles. The summed E-state index contributed by atoms with van der Waals surface area (Å²) in [5, 5.41) is 0. The smallest absolute Gasteiger partial charge is 0.182 e. The van der Waals surface area contributed by atoms with Gasteiger partial charge in [0.25, 0.3) is 0 Å². The Hall–Kier alpha value is -1.12. The second-order valence-electron chi connectivity index (χ2n) is 1.67. The van der Waals surface area contributed by atoms with Gasteiger partial charge in [0.1, 0.15) is 5.69 Å². The van der Waals surface area contributed by atoms with E-state index < -0.39 is 0 Å². The van der Waals surface area contributed by atoms with Gasteiger partial charge in [-0.05, 0) is 0 Å². The topological polar surface area (TPSA) is 45.8 Å². The summed E-state index contributed by atoms with van der Waals surface area (Å²) >= 11 is 0. The average molecular weight is 123 g/mol. The van der Waals surface area contributed by atoms with Crippen LogP contribution in [0.4, 0.5) is 0 Å². The minimum atomic E-state index is 0.0486. The number of H-pyrrole nitrogens is 1. The van der Waals surface area contributed by atoms with E-state index in [1.165, 1.54) is 0 Å². The van der Waals surface area contributed by atoms with Gasteiger partial charge in [0.15, 0.2) is 12.1 Å². The molecule has 3 nitrogen and oxygen atoms in total. The highest BCUT2D eigenvalue weighted by molar-refractivity contribution is 5.93. The zero-order valence-electron chi connectivity index (χ0n) is 5.14. The van der Waals surface area contributed by atoms with Crippen LogP contribution >= 0.6 is 0 Å². The number of nitrogens with zero attached hydrogens (tertiary/aromatic N) is 1. The van der Waals surface area contributed by atoms with Crippen LogP contribution in [0.3, 0.4) is 0 Å². The molecule has 0 atom stereocenters. The monoisotopic (exact) mass is 123 g/mol. The van der Waals surface area contributed by atoms with Gasteiger partial charge >= 0.3 is 0 Å². The van der Waals surface area contributed by atoms with Crippen LogP contribution in [-0.4, -0.2) is 15.8 Å². The second kappa shape index (κ2) is 2.44. The molecular weight excluding hydrogens is 116 g/mol. The number of carbonyl (C=O) groups excluding carboxylic acids is 1. The molecule has 47 valence electrons. The molecule has 1 aromatic rings. The fourth-order valence-electron chi connectivity index (χ4n) is 0.549. The SMILES string of the molecule is CCC(=O)c1c[nH][c]n1. The molecule has 0 aliphatic heterocycles. The van der Waals surface area contributed by atoms with Gasteiger partial charge in [0.2, 0.25) is 0 Å². The highest BCUT2D eigenvalue weighted by atomic mass is 16.1. The molecule has 1 radical (unpaired) electrons. The van der Waals surface area contributed by atoms with Crippen LogP contribution in [0.15, 0.2) is 6.20 Å². The van der Waals surface area contributed by atoms with E-state index >= 15 is 0 Å². The van der Waals surface area contributed by atoms with Crippen molar-refractivity contribution in [2.45, 2.75) is 13.3 Å². The molecule has 0 unspecified atom stereocenters. The number of Topliss-reactive ketones (excluding diaryl/α,β-unsaturated/α-hetero) is 1. The lowest BCUT2D eigenvalue weighted by atomic mass is 10.2. The van der Waals surface area contributed by atoms with E-state index in [4.69, 9.17) is 0 Å². The highest BCUT2D eigenvalue weighted by Gasteiger charge is 2.02. The number of aromatic amines is 1. The first kappa shape index (κ1) is 6.01. The van der Waals surface area contributed by atoms with Gasteiger partial charge in [-0.2, -0.15) is 0 Å². The summed E-state index contributed by atoms with van der Waals surface area (Å²) in [5.41, 5.74) is 0.470. The third-order valence-corrected chi connectivity index (χ3v) is 1.06. The van der Waals surface area contributed by atoms with Crippen LogP contribution in [-0.2, 0) is 0 Å². The molecule has 0 amide bonds. The first-order valence-corrected chi connectivity index (χ1v) is 2.79. The summed E-state index contributed by atoms with van der Waals surface area (Å²) < 4.78 is 0. The number of rotatable bonds is 2. The van der Waals surface area contributed by atoms with Crippen LogP contribution in [0.25, 0.3) is 0 Å². The lowest BCUT2D eigenvalue weighted by molar-refractivity contribution is 0.0984. The normalized spacial score (nSPS) is 9.44. The third-order valence-electron chi connectivity index (χ3n) is 1.06. The zero-order valence-corrected chi connectivity index (χ0v) is 5.14. The average Bonchev–Trinajstić information content (AvgIpc) is 2.37. The maximum atomic E-state index is 10.8. The quantitative estimate of drug-likeness (QED) is 0.591. The Labute approximate surface area is 53.1 Å². The van der Waals surface area contributed by atoms with E-state index in [1.807, 2.05) is 0 Å². The Kier molecular flexibility index (Phi) is 1.63. The number of nitrogens with one attached hydrogen (secondary N) is 1. The van der Waals surface area contributed by atoms with E-state index in [2.05, 4.69) is 16.3 Å². The van der Waals surface area contributed by atoms with E-state index in [1.54, 1.807) is 13.1 Å². The molecule has 0 fully saturated rings. The van der Waals surface area contributed by atoms with Crippen LogP contribution in [0.5, 0.6) is 0 Å². The molecule has 0 aliphatic rings. The fourth-order valence-corrected chi connectivity index (χ4v) is 0.549. The van der Waals surface area contributed by atoms with Crippen LogP contribution in [0.2, 0.25) is 0 Å². The Bertz CT molecular complexity index is 191. The predicted molar refractivity (Wildman–Crippen MR) is 32.0 cm³/mol. The Morgan fingerprint density at radius 1 is 2.00 bits per heavy atom. The molecule has 0 bridgehead atoms. The molecule has 0 spiro atoms. The molecule has 0 aromatic carbocycles. The zero-order chi connectivity index (χ0) is 6.69. The first-order valence-electron chi connectivity index (χ1n) is 2.79. The molecule has 9 heavy (non-hydrogen) atoms. The van der Waals surface area contributed by atoms with Crippen molar-refractivity contribution < 1.29 is 4.79 Å². The van der Waals surface area contributed by atoms with Crippen molar-refractivity contribution in [2.24, 2.45) is 0 Å². The van der Waals surface area contributed by atoms with Gasteiger partial charge in [-0.1, -0.05) is 6.92 Å². The summed E-state index contributed by atoms with van der Waals surface area (Å²) in [6.45, 7) is 1.80. The standard InChI is InChI=1S/C6H7N2O/c1-2-6(9)5-3-7-4-8-5/h3H,2H2,1H3,(H,7,8). The Balaban J connectivity index is 2.77. The summed E-state index contributed by atoms with van der Waals surface area (Å²) in [7, 11) is 0. The molecule has 0 aliphatic carbocycles. The minimum Gasteiger partial charge on any atom is -0.341 e. The van der Waals surface area contributed by atoms with Gasteiger partial charge in [0.05, 0.1) is 0 Å². The maximum absolute atomic E-state index is 10.8. The van der Waals surface area contributed by atoms with Gasteiger partial charge in [-0.25, -0.2) is 4.98 Å². The number of ketones is 1. The fraction of sp³-hybridized carbons (Fsp3) is 0.333. The number of hydrogen-bond acceptors (Lipinski definition) is 2. The van der Waals surface area contributed by atoms with E-state index in [0.717, 1.165) is 0 Å². The van der Waals surface area contributed by atoms with Gasteiger partial charge < -0.3 is 4.98 Å². The molecule has 3 heteroatoms. The maximum Gasteiger partial charge on any atom is 0.182 e. The number of aromatic nitrogens is 2. The molecule has 1 rings (SSSR count). The van der Waals surface area contributed by atoms with E-state index in [-0.39, 0.29) is 5.78 Å². The number of carbonyl (C=O) groups is 1. The Morgan fingerprint density at radius 2 is 2.78 bits per heavy atom. The molecule has 0 saturated carbocycles. The van der Waals surface area contributed by atoms with E-state index in [0.29, 0.717) is 12.1 Å². The largest absolute Gasteiger partial charge is 0.341 e. The van der Waals surface area contributed by atoms with Gasteiger partial charge in [0, 0.05) is 12.6 Å². The van der Waals surface area contributed by atoms with Crippen LogP contribution < -0.4 is 0 Å². The van der Waals surface area contributed by atoms with Crippen molar-refractivity contribution in [3.05, 3.63) is 18.2 Å². The van der Waals surface area contributed by atoms with Crippen molar-refractivity contribution in [3.8, 4) is 0 Å². The number of imidazole rings is 1. The lowest BCUT2D eigenvalue weighted by Gasteiger charge is -1.84. The predicted octanol–water partition coefficient (Wildman–Crippen LogP) is 0.803. The van der Waals surface area contributed by atoms with E-state index in [9.17, 15) is 4.79 Å². The van der Waals surface area contributed by atoms with Crippen molar-refractivity contribution in [1.29, 1.82) is 0 Å². The summed E-state index contributed by atoms with van der Waals surface area (Å²) in [4.78, 5) is 17.0. The summed E-state index contributed by atoms with van der Waals surface area (Å²) in [6.07, 6.45) is 4.50. The van der Waals surface area contributed by atoms with Crippen molar-refractivity contribution in [3.63, 3.8) is 0 Å². The second-order valence-corrected chi connectivity index (χ2v) is 1.67. The first-order chi connectivity index (χ1) is 4.34. The Morgan fingerprint density at radius 3 is 3.22 bits per heavy atom. The number of hydrogen-bond donors (Lipinski definition) is 1. The molecular formula is C6H7N2O. The molecule has 0 saturated heterocycles. The summed E-state index contributed by atoms with van der Waals surface area (Å²) in [5.74, 6) is 0.0486. The van der Waals surface area contributed by atoms with Crippen LogP contribution in [0.1, 0.15) is 23.8 Å². The minimum absolute atomic E-state index is 0.0486. The molecule has 1 N–H and O–H groups in total. The molecule has 1 heterocycles. The van der Waals surface area contributed by atoms with Crippen molar-refractivity contribution >= 4 is 5.78 Å².